The van der Waals surface area contributed by atoms with Gasteiger partial charge in [0.25, 0.3) is 0 Å². The van der Waals surface area contributed by atoms with Crippen LogP contribution in [0.4, 0.5) is 4.39 Å². The predicted octanol–water partition coefficient (Wildman–Crippen LogP) is 3.31. The summed E-state index contributed by atoms with van der Waals surface area (Å²) in [4.78, 5) is 24.8. The van der Waals surface area contributed by atoms with E-state index in [1.807, 2.05) is 6.92 Å². The molecule has 8 atom stereocenters. The molecule has 1 heterocycles. The summed E-state index contributed by atoms with van der Waals surface area (Å²) in [5.74, 6) is -1.80. The predicted molar refractivity (Wildman–Crippen MR) is 110 cm³/mol. The molecular weight excluding hydrogens is 407 g/mol. The summed E-state index contributed by atoms with van der Waals surface area (Å²) in [7, 11) is 0. The van der Waals surface area contributed by atoms with E-state index < -0.39 is 51.1 Å². The molecule has 7 heteroatoms. The topological polar surface area (TPSA) is 72.8 Å². The number of rotatable bonds is 1. The Morgan fingerprint density at radius 1 is 1.27 bits per heavy atom. The van der Waals surface area contributed by atoms with Crippen molar-refractivity contribution in [3.63, 3.8) is 0 Å². The minimum atomic E-state index is -1.94. The Morgan fingerprint density at radius 3 is 2.63 bits per heavy atom. The number of hydrogen-bond acceptors (Lipinski definition) is 5. The van der Waals surface area contributed by atoms with Crippen molar-refractivity contribution in [1.82, 2.24) is 0 Å². The first-order valence-corrected chi connectivity index (χ1v) is 11.2. The van der Waals surface area contributed by atoms with Crippen LogP contribution in [0.3, 0.4) is 0 Å². The lowest BCUT2D eigenvalue weighted by atomic mass is 9.45. The summed E-state index contributed by atoms with van der Waals surface area (Å²) in [6, 6.07) is 0. The van der Waals surface area contributed by atoms with Gasteiger partial charge in [-0.25, -0.2) is 4.39 Å². The second-order valence-corrected chi connectivity index (χ2v) is 11.1. The number of carbonyl (C=O) groups is 2. The third kappa shape index (κ3) is 2.15. The summed E-state index contributed by atoms with van der Waals surface area (Å²) in [6.45, 7) is 7.24. The molecule has 3 saturated carbocycles. The molecule has 0 spiro atoms. The molecule has 0 amide bonds. The number of hydrogen-bond donors (Lipinski definition) is 2. The Balaban J connectivity index is 1.64. The molecule has 7 unspecified atom stereocenters. The largest absolute Gasteiger partial charge is 0.390 e. The fourth-order valence-electron chi connectivity index (χ4n) is 7.68. The van der Waals surface area contributed by atoms with Gasteiger partial charge in [0.15, 0.2) is 22.8 Å². The quantitative estimate of drug-likeness (QED) is 0.617. The Morgan fingerprint density at radius 2 is 1.97 bits per heavy atom. The summed E-state index contributed by atoms with van der Waals surface area (Å²) < 4.78 is 29.5. The lowest BCUT2D eigenvalue weighted by molar-refractivity contribution is -0.243. The van der Waals surface area contributed by atoms with E-state index >= 15 is 4.39 Å². The molecule has 0 aromatic carbocycles. The summed E-state index contributed by atoms with van der Waals surface area (Å²) in [5.41, 5.74) is -4.38. The van der Waals surface area contributed by atoms with Crippen LogP contribution in [0, 0.1) is 22.7 Å². The molecule has 0 aromatic rings. The van der Waals surface area contributed by atoms with Crippen LogP contribution in [-0.4, -0.2) is 45.3 Å². The molecule has 1 aliphatic heterocycles. The van der Waals surface area contributed by atoms with E-state index in [-0.39, 0.29) is 18.1 Å². The highest BCUT2D eigenvalue weighted by atomic mass is 32.1. The van der Waals surface area contributed by atoms with Crippen molar-refractivity contribution in [2.24, 2.45) is 22.7 Å². The zero-order valence-electron chi connectivity index (χ0n) is 17.8. The molecule has 1 N–H and O–H groups in total. The number of allylic oxidation sites excluding steroid dienone is 4. The second kappa shape index (κ2) is 5.85. The van der Waals surface area contributed by atoms with Crippen LogP contribution in [0.5, 0.6) is 0 Å². The molecular formula is C23H29FO5S. The van der Waals surface area contributed by atoms with Gasteiger partial charge in [-0.05, 0) is 64.5 Å². The van der Waals surface area contributed by atoms with E-state index in [9.17, 15) is 14.7 Å². The average Bonchev–Trinajstić information content (AvgIpc) is 3.04. The number of alkyl halides is 1. The molecule has 4 aliphatic carbocycles. The highest BCUT2D eigenvalue weighted by molar-refractivity contribution is 7.96. The number of thiol groups is 1. The highest BCUT2D eigenvalue weighted by Crippen LogP contribution is 2.72. The summed E-state index contributed by atoms with van der Waals surface area (Å²) >= 11 is 4.20. The van der Waals surface area contributed by atoms with E-state index in [4.69, 9.17) is 9.47 Å². The van der Waals surface area contributed by atoms with Crippen molar-refractivity contribution in [2.45, 2.75) is 82.6 Å². The molecule has 5 rings (SSSR count). The fraction of sp³-hybridized carbons (Fsp3) is 0.739. The van der Waals surface area contributed by atoms with Gasteiger partial charge in [0.05, 0.1) is 12.2 Å². The molecule has 1 saturated heterocycles. The Hall–Kier alpha value is -1.02. The summed E-state index contributed by atoms with van der Waals surface area (Å²) in [6.07, 6.45) is 4.35. The lowest BCUT2D eigenvalue weighted by Crippen LogP contribution is -2.69. The van der Waals surface area contributed by atoms with Crippen LogP contribution in [0.25, 0.3) is 0 Å². The van der Waals surface area contributed by atoms with Gasteiger partial charge in [-0.15, -0.1) is 12.6 Å². The average molecular weight is 437 g/mol. The minimum absolute atomic E-state index is 0.0670. The molecule has 30 heavy (non-hydrogen) atoms. The number of ketones is 1. The zero-order valence-corrected chi connectivity index (χ0v) is 18.7. The van der Waals surface area contributed by atoms with Crippen LogP contribution in [-0.2, 0) is 19.1 Å². The first-order valence-electron chi connectivity index (χ1n) is 10.7. The van der Waals surface area contributed by atoms with Crippen LogP contribution < -0.4 is 0 Å². The van der Waals surface area contributed by atoms with Crippen molar-refractivity contribution >= 4 is 23.5 Å². The van der Waals surface area contributed by atoms with E-state index in [0.717, 1.165) is 5.57 Å². The maximum Gasteiger partial charge on any atom is 0.221 e. The van der Waals surface area contributed by atoms with Gasteiger partial charge in [-0.1, -0.05) is 18.6 Å². The number of aliphatic hydroxyl groups is 1. The first-order chi connectivity index (χ1) is 13.8. The van der Waals surface area contributed by atoms with Gasteiger partial charge >= 0.3 is 0 Å². The normalized spacial score (nSPS) is 53.4. The molecule has 164 valence electrons. The van der Waals surface area contributed by atoms with Crippen molar-refractivity contribution in [2.75, 3.05) is 0 Å². The number of fused-ring (bicyclic) bond motifs is 7. The van der Waals surface area contributed by atoms with Gasteiger partial charge in [0, 0.05) is 16.7 Å². The second-order valence-electron chi connectivity index (χ2n) is 10.6. The van der Waals surface area contributed by atoms with Gasteiger partial charge in [0.2, 0.25) is 5.12 Å². The summed E-state index contributed by atoms with van der Waals surface area (Å²) in [5, 5.41) is 10.9. The fourth-order valence-corrected chi connectivity index (χ4v) is 8.12. The number of ether oxygens (including phenoxy) is 2. The smallest absolute Gasteiger partial charge is 0.221 e. The molecule has 5 nitrogen and oxygen atoms in total. The van der Waals surface area contributed by atoms with Crippen molar-refractivity contribution in [3.05, 3.63) is 23.8 Å². The van der Waals surface area contributed by atoms with Gasteiger partial charge in [-0.3, -0.25) is 9.59 Å². The molecule has 5 aliphatic rings. The third-order valence-corrected chi connectivity index (χ3v) is 9.28. The SMILES string of the molecule is CC1(C)OC2CC3C4CCC5=CC(=O)C=CC5(C)[C@@]4(F)C(O)CC3(C)C2(C(=O)S)O1. The van der Waals surface area contributed by atoms with E-state index in [1.165, 1.54) is 12.2 Å². The van der Waals surface area contributed by atoms with Crippen LogP contribution in [0.2, 0.25) is 0 Å². The van der Waals surface area contributed by atoms with Crippen molar-refractivity contribution in [1.29, 1.82) is 0 Å². The van der Waals surface area contributed by atoms with Crippen LogP contribution in [0.15, 0.2) is 23.8 Å². The monoisotopic (exact) mass is 436 g/mol. The van der Waals surface area contributed by atoms with Gasteiger partial charge in [-0.2, -0.15) is 0 Å². The minimum Gasteiger partial charge on any atom is -0.390 e. The maximum absolute atomic E-state index is 17.1. The number of carbonyl (C=O) groups excluding carboxylic acids is 2. The van der Waals surface area contributed by atoms with E-state index in [2.05, 4.69) is 12.6 Å². The Bertz CT molecular complexity index is 913. The third-order valence-electron chi connectivity index (χ3n) is 8.95. The van der Waals surface area contributed by atoms with E-state index in [0.29, 0.717) is 19.3 Å². The standard InChI is InChI=1S/C23H29FO5S/c1-19(2)28-17-10-15-14-6-5-12-9-13(25)7-8-20(12,3)22(14,24)16(26)11-21(15,4)23(17,29-19)18(27)30/h7-9,14-17,26H,5-6,10-11H2,1-4H3,(H,27,30)/t14?,15?,16?,17?,20?,21?,22-,23?/m0/s1. The lowest BCUT2D eigenvalue weighted by Gasteiger charge is -2.62. The van der Waals surface area contributed by atoms with Crippen molar-refractivity contribution < 1.29 is 28.6 Å². The first kappa shape index (κ1) is 20.9. The highest BCUT2D eigenvalue weighted by Gasteiger charge is 2.79. The Kier molecular flexibility index (Phi) is 4.07. The van der Waals surface area contributed by atoms with E-state index in [1.54, 1.807) is 26.8 Å². The molecule has 0 radical (unpaired) electrons. The zero-order chi connectivity index (χ0) is 21.9. The maximum atomic E-state index is 17.1. The van der Waals surface area contributed by atoms with Crippen LogP contribution in [0.1, 0.15) is 53.4 Å². The number of halogens is 1. The van der Waals surface area contributed by atoms with Gasteiger partial charge < -0.3 is 14.6 Å². The molecule has 4 fully saturated rings. The van der Waals surface area contributed by atoms with Gasteiger partial charge in [0.1, 0.15) is 0 Å². The van der Waals surface area contributed by atoms with Crippen molar-refractivity contribution in [3.8, 4) is 0 Å². The molecule has 0 bridgehead atoms. The number of aliphatic hydroxyl groups excluding tert-OH is 1. The Labute approximate surface area is 181 Å². The van der Waals surface area contributed by atoms with Crippen LogP contribution >= 0.6 is 12.6 Å². The molecule has 0 aromatic heterocycles.